The fourth-order valence-corrected chi connectivity index (χ4v) is 0.939. The first kappa shape index (κ1) is 11.7. The van der Waals surface area contributed by atoms with E-state index in [1.54, 1.807) is 0 Å². The summed E-state index contributed by atoms with van der Waals surface area (Å²) >= 11 is 0. The van der Waals surface area contributed by atoms with Crippen molar-refractivity contribution in [3.05, 3.63) is 0 Å². The number of primary amides is 1. The summed E-state index contributed by atoms with van der Waals surface area (Å²) < 4.78 is 0. The number of carbonyl (C=O) groups is 2. The van der Waals surface area contributed by atoms with E-state index < -0.39 is 24.1 Å². The highest BCUT2D eigenvalue weighted by Gasteiger charge is 2.28. The van der Waals surface area contributed by atoms with Gasteiger partial charge >= 0.3 is 12.0 Å². The Kier molecular flexibility index (Phi) is 4.15. The molecular formula is C6H13N3O4. The molecule has 7 heteroatoms. The van der Waals surface area contributed by atoms with Crippen molar-refractivity contribution >= 4 is 12.0 Å². The van der Waals surface area contributed by atoms with Crippen LogP contribution in [0.3, 0.4) is 0 Å². The van der Waals surface area contributed by atoms with Gasteiger partial charge in [-0.3, -0.25) is 10.2 Å². The summed E-state index contributed by atoms with van der Waals surface area (Å²) in [5.41, 5.74) is 6.80. The van der Waals surface area contributed by atoms with E-state index in [0.717, 1.165) is 5.01 Å². The van der Waals surface area contributed by atoms with Crippen LogP contribution >= 0.6 is 0 Å². The van der Waals surface area contributed by atoms with Crippen LogP contribution in [0.1, 0.15) is 6.92 Å². The van der Waals surface area contributed by atoms with Gasteiger partial charge in [-0.15, -0.1) is 0 Å². The molecule has 2 amide bonds. The van der Waals surface area contributed by atoms with Crippen molar-refractivity contribution in [2.45, 2.75) is 19.1 Å². The van der Waals surface area contributed by atoms with Crippen LogP contribution in [0, 0.1) is 0 Å². The molecule has 7 nitrogen and oxygen atoms in total. The van der Waals surface area contributed by atoms with E-state index in [9.17, 15) is 9.59 Å². The standard InChI is InChI=1S/C6H13N3O4/c1-3(10)4(5(11)12)9(2)8-6(7)13/h3-4,10H,1-2H3,(H,11,12)(H3,7,8,13). The Hall–Kier alpha value is -1.34. The lowest BCUT2D eigenvalue weighted by molar-refractivity contribution is -0.147. The number of likely N-dealkylation sites (N-methyl/N-ethyl adjacent to an activating group) is 1. The number of nitrogens with one attached hydrogen (secondary N) is 1. The average molecular weight is 191 g/mol. The summed E-state index contributed by atoms with van der Waals surface area (Å²) in [6.45, 7) is 1.30. The number of urea groups is 1. The summed E-state index contributed by atoms with van der Waals surface area (Å²) in [5.74, 6) is -1.24. The number of hydrazine groups is 1. The highest BCUT2D eigenvalue weighted by molar-refractivity contribution is 5.76. The maximum absolute atomic E-state index is 10.6. The van der Waals surface area contributed by atoms with Crippen LogP contribution in [0.15, 0.2) is 0 Å². The molecule has 2 atom stereocenters. The topological polar surface area (TPSA) is 116 Å². The zero-order valence-electron chi connectivity index (χ0n) is 7.39. The predicted octanol–water partition coefficient (Wildman–Crippen LogP) is -1.66. The van der Waals surface area contributed by atoms with Gasteiger partial charge in [0.2, 0.25) is 0 Å². The zero-order valence-corrected chi connectivity index (χ0v) is 7.39. The van der Waals surface area contributed by atoms with E-state index >= 15 is 0 Å². The minimum atomic E-state index is -1.24. The third-order valence-electron chi connectivity index (χ3n) is 1.41. The van der Waals surface area contributed by atoms with Crippen LogP contribution in [-0.4, -0.2) is 46.4 Å². The van der Waals surface area contributed by atoms with E-state index in [4.69, 9.17) is 15.9 Å². The highest BCUT2D eigenvalue weighted by Crippen LogP contribution is 1.99. The Labute approximate surface area is 75.1 Å². The van der Waals surface area contributed by atoms with E-state index in [-0.39, 0.29) is 0 Å². The van der Waals surface area contributed by atoms with Gasteiger partial charge in [-0.1, -0.05) is 0 Å². The molecule has 0 saturated carbocycles. The third-order valence-corrected chi connectivity index (χ3v) is 1.41. The number of carboxylic acids is 1. The Morgan fingerprint density at radius 1 is 1.54 bits per heavy atom. The molecule has 0 heterocycles. The molecule has 5 N–H and O–H groups in total. The van der Waals surface area contributed by atoms with Crippen molar-refractivity contribution in [1.29, 1.82) is 0 Å². The minimum absolute atomic E-state index is 0.880. The Morgan fingerprint density at radius 3 is 2.23 bits per heavy atom. The largest absolute Gasteiger partial charge is 0.480 e. The number of rotatable bonds is 4. The summed E-state index contributed by atoms with van der Waals surface area (Å²) in [4.78, 5) is 20.9. The first-order chi connectivity index (χ1) is 5.86. The maximum Gasteiger partial charge on any atom is 0.326 e. The number of aliphatic carboxylic acids is 1. The van der Waals surface area contributed by atoms with E-state index in [0.29, 0.717) is 0 Å². The molecule has 0 rings (SSSR count). The number of aliphatic hydroxyl groups excluding tert-OH is 1. The molecule has 0 aromatic heterocycles. The number of carboxylic acid groups (broad SMARTS) is 1. The number of hydrogen-bond donors (Lipinski definition) is 4. The van der Waals surface area contributed by atoms with Crippen molar-refractivity contribution < 1.29 is 19.8 Å². The molecule has 0 radical (unpaired) electrons. The number of amides is 2. The summed E-state index contributed by atoms with van der Waals surface area (Å²) in [6, 6.07) is -2.10. The molecule has 76 valence electrons. The number of nitrogens with zero attached hydrogens (tertiary/aromatic N) is 1. The van der Waals surface area contributed by atoms with Crippen molar-refractivity contribution in [3.8, 4) is 0 Å². The van der Waals surface area contributed by atoms with Crippen molar-refractivity contribution in [3.63, 3.8) is 0 Å². The van der Waals surface area contributed by atoms with Gasteiger partial charge in [0.25, 0.3) is 0 Å². The molecule has 0 aromatic rings. The molecule has 0 aromatic carbocycles. The van der Waals surface area contributed by atoms with E-state index in [1.165, 1.54) is 14.0 Å². The fourth-order valence-electron chi connectivity index (χ4n) is 0.939. The van der Waals surface area contributed by atoms with Gasteiger partial charge in [-0.2, -0.15) is 0 Å². The van der Waals surface area contributed by atoms with Crippen LogP contribution in [0.25, 0.3) is 0 Å². The SMILES string of the molecule is CC(O)C(C(=O)O)N(C)NC(N)=O. The smallest absolute Gasteiger partial charge is 0.326 e. The van der Waals surface area contributed by atoms with Gasteiger partial charge in [-0.05, 0) is 6.92 Å². The fraction of sp³-hybridized carbons (Fsp3) is 0.667. The Bertz CT molecular complexity index is 206. The summed E-state index contributed by atoms with van der Waals surface area (Å²) in [7, 11) is 1.30. The molecule has 0 aliphatic carbocycles. The summed E-state index contributed by atoms with van der Waals surface area (Å²) in [5, 5.41) is 18.6. The van der Waals surface area contributed by atoms with Crippen molar-refractivity contribution in [1.82, 2.24) is 10.4 Å². The molecule has 0 spiro atoms. The molecule has 0 aliphatic heterocycles. The maximum atomic E-state index is 10.6. The lowest BCUT2D eigenvalue weighted by atomic mass is 10.2. The molecule has 13 heavy (non-hydrogen) atoms. The molecule has 2 unspecified atom stereocenters. The Balaban J connectivity index is 4.37. The van der Waals surface area contributed by atoms with Crippen LogP contribution in [0.2, 0.25) is 0 Å². The second-order valence-corrected chi connectivity index (χ2v) is 2.61. The molecule has 0 aliphatic rings. The van der Waals surface area contributed by atoms with Gasteiger partial charge < -0.3 is 15.9 Å². The van der Waals surface area contributed by atoms with Crippen LogP contribution < -0.4 is 11.2 Å². The van der Waals surface area contributed by atoms with Crippen LogP contribution in [0.5, 0.6) is 0 Å². The second-order valence-electron chi connectivity index (χ2n) is 2.61. The number of nitrogens with two attached hydrogens (primary N) is 1. The minimum Gasteiger partial charge on any atom is -0.480 e. The molecule has 0 bridgehead atoms. The van der Waals surface area contributed by atoms with Crippen LogP contribution in [-0.2, 0) is 4.79 Å². The highest BCUT2D eigenvalue weighted by atomic mass is 16.4. The Morgan fingerprint density at radius 2 is 2.00 bits per heavy atom. The average Bonchev–Trinajstić information content (AvgIpc) is 1.81. The van der Waals surface area contributed by atoms with Crippen molar-refractivity contribution in [2.75, 3.05) is 7.05 Å². The number of carbonyl (C=O) groups excluding carboxylic acids is 1. The van der Waals surface area contributed by atoms with Gasteiger partial charge in [0.15, 0.2) is 6.04 Å². The molecule has 0 saturated heterocycles. The van der Waals surface area contributed by atoms with E-state index in [2.05, 4.69) is 0 Å². The number of hydrogen-bond acceptors (Lipinski definition) is 4. The van der Waals surface area contributed by atoms with Gasteiger partial charge in [0.05, 0.1) is 6.10 Å². The second kappa shape index (κ2) is 4.63. The van der Waals surface area contributed by atoms with Gasteiger partial charge in [-0.25, -0.2) is 9.80 Å². The molecule has 0 fully saturated rings. The van der Waals surface area contributed by atoms with Gasteiger partial charge in [0.1, 0.15) is 0 Å². The predicted molar refractivity (Wildman–Crippen MR) is 43.6 cm³/mol. The van der Waals surface area contributed by atoms with Crippen LogP contribution in [0.4, 0.5) is 4.79 Å². The third kappa shape index (κ3) is 3.72. The lowest BCUT2D eigenvalue weighted by Gasteiger charge is -2.25. The first-order valence-corrected chi connectivity index (χ1v) is 3.56. The zero-order chi connectivity index (χ0) is 10.6. The quantitative estimate of drug-likeness (QED) is 0.397. The first-order valence-electron chi connectivity index (χ1n) is 3.56. The lowest BCUT2D eigenvalue weighted by Crippen LogP contribution is -2.55. The summed E-state index contributed by atoms with van der Waals surface area (Å²) in [6.07, 6.45) is -1.12. The van der Waals surface area contributed by atoms with Gasteiger partial charge in [0, 0.05) is 7.05 Å². The molecular weight excluding hydrogens is 178 g/mol. The number of aliphatic hydroxyl groups is 1. The normalized spacial score (nSPS) is 15.1. The van der Waals surface area contributed by atoms with E-state index in [1.807, 2.05) is 5.43 Å². The van der Waals surface area contributed by atoms with Crippen molar-refractivity contribution in [2.24, 2.45) is 5.73 Å². The monoisotopic (exact) mass is 191 g/mol.